The van der Waals surface area contributed by atoms with Gasteiger partial charge in [-0.3, -0.25) is 4.79 Å². The molecule has 0 saturated heterocycles. The fourth-order valence-electron chi connectivity index (χ4n) is 2.33. The quantitative estimate of drug-likeness (QED) is 0.737. The number of anilines is 1. The normalized spacial score (nSPS) is 10.4. The molecule has 0 aliphatic heterocycles. The van der Waals surface area contributed by atoms with E-state index in [1.165, 1.54) is 13.5 Å². The van der Waals surface area contributed by atoms with Crippen molar-refractivity contribution in [2.75, 3.05) is 19.5 Å². The van der Waals surface area contributed by atoms with Gasteiger partial charge in [-0.25, -0.2) is 4.98 Å². The Bertz CT molecular complexity index is 908. The van der Waals surface area contributed by atoms with Gasteiger partial charge in [0.1, 0.15) is 0 Å². The number of ether oxygens (including phenoxy) is 2. The van der Waals surface area contributed by atoms with Crippen molar-refractivity contribution < 1.29 is 18.7 Å². The van der Waals surface area contributed by atoms with Crippen molar-refractivity contribution in [2.45, 2.75) is 0 Å². The first-order valence-electron chi connectivity index (χ1n) is 7.35. The molecule has 6 nitrogen and oxygen atoms in total. The minimum atomic E-state index is -0.424. The van der Waals surface area contributed by atoms with E-state index in [0.717, 1.165) is 0 Å². The van der Waals surface area contributed by atoms with Crippen molar-refractivity contribution in [3.63, 3.8) is 0 Å². The third-order valence-electron chi connectivity index (χ3n) is 3.55. The van der Waals surface area contributed by atoms with E-state index in [4.69, 9.17) is 25.5 Å². The lowest BCUT2D eigenvalue weighted by Gasteiger charge is -2.09. The minimum absolute atomic E-state index is 0.145. The molecule has 128 valence electrons. The molecule has 3 aromatic rings. The van der Waals surface area contributed by atoms with Gasteiger partial charge in [0, 0.05) is 5.56 Å². The Morgan fingerprint density at radius 2 is 1.88 bits per heavy atom. The predicted octanol–water partition coefficient (Wildman–Crippen LogP) is 4.26. The van der Waals surface area contributed by atoms with Crippen LogP contribution in [0.5, 0.6) is 11.5 Å². The summed E-state index contributed by atoms with van der Waals surface area (Å²) in [5.74, 6) is 0.999. The van der Waals surface area contributed by atoms with E-state index in [1.807, 2.05) is 0 Å². The van der Waals surface area contributed by atoms with Crippen LogP contribution in [0.2, 0.25) is 5.02 Å². The average molecular weight is 359 g/mol. The molecular formula is C18H15ClN2O4. The van der Waals surface area contributed by atoms with Crippen LogP contribution in [-0.4, -0.2) is 25.1 Å². The number of oxazole rings is 1. The predicted molar refractivity (Wildman–Crippen MR) is 94.4 cm³/mol. The summed E-state index contributed by atoms with van der Waals surface area (Å²) in [5.41, 5.74) is 1.28. The van der Waals surface area contributed by atoms with Crippen LogP contribution < -0.4 is 14.8 Å². The lowest BCUT2D eigenvalue weighted by molar-refractivity contribution is 0.102. The van der Waals surface area contributed by atoms with Crippen LogP contribution in [0.15, 0.2) is 53.3 Å². The van der Waals surface area contributed by atoms with Gasteiger partial charge in [0.2, 0.25) is 0 Å². The number of rotatable bonds is 5. The SMILES string of the molecule is COc1ccc(-c2ocnc2C(=O)Nc2ccccc2Cl)cc1OC. The number of methoxy groups -OCH3 is 2. The summed E-state index contributed by atoms with van der Waals surface area (Å²) in [7, 11) is 3.08. The van der Waals surface area contributed by atoms with E-state index in [1.54, 1.807) is 49.6 Å². The molecule has 0 bridgehead atoms. The van der Waals surface area contributed by atoms with Gasteiger partial charge in [-0.2, -0.15) is 0 Å². The standard InChI is InChI=1S/C18H15ClN2O4/c1-23-14-8-7-11(9-15(14)24-2)17-16(20-10-25-17)18(22)21-13-6-4-3-5-12(13)19/h3-10H,1-2H3,(H,21,22). The van der Waals surface area contributed by atoms with Gasteiger partial charge in [-0.15, -0.1) is 0 Å². The summed E-state index contributed by atoms with van der Waals surface area (Å²) >= 11 is 6.07. The lowest BCUT2D eigenvalue weighted by atomic mass is 10.1. The number of carbonyl (C=O) groups is 1. The van der Waals surface area contributed by atoms with E-state index in [0.29, 0.717) is 33.5 Å². The third-order valence-corrected chi connectivity index (χ3v) is 3.88. The van der Waals surface area contributed by atoms with E-state index >= 15 is 0 Å². The van der Waals surface area contributed by atoms with Crippen LogP contribution in [0.1, 0.15) is 10.5 Å². The van der Waals surface area contributed by atoms with Crippen molar-refractivity contribution in [1.29, 1.82) is 0 Å². The number of para-hydroxylation sites is 1. The summed E-state index contributed by atoms with van der Waals surface area (Å²) in [6, 6.07) is 12.2. The van der Waals surface area contributed by atoms with Gasteiger partial charge in [-0.1, -0.05) is 23.7 Å². The third kappa shape index (κ3) is 3.44. The maximum atomic E-state index is 12.6. The summed E-state index contributed by atoms with van der Waals surface area (Å²) in [6.07, 6.45) is 1.22. The molecule has 3 rings (SSSR count). The van der Waals surface area contributed by atoms with Gasteiger partial charge >= 0.3 is 0 Å². The first kappa shape index (κ1) is 16.9. The van der Waals surface area contributed by atoms with Gasteiger partial charge in [0.15, 0.2) is 29.3 Å². The molecule has 2 aromatic carbocycles. The number of hydrogen-bond donors (Lipinski definition) is 1. The van der Waals surface area contributed by atoms with Crippen LogP contribution in [0.4, 0.5) is 5.69 Å². The largest absolute Gasteiger partial charge is 0.493 e. The first-order valence-corrected chi connectivity index (χ1v) is 7.73. The van der Waals surface area contributed by atoms with Crippen LogP contribution in [0.25, 0.3) is 11.3 Å². The number of amides is 1. The van der Waals surface area contributed by atoms with Crippen LogP contribution in [0.3, 0.4) is 0 Å². The van der Waals surface area contributed by atoms with Crippen molar-refractivity contribution in [1.82, 2.24) is 4.98 Å². The number of aromatic nitrogens is 1. The van der Waals surface area contributed by atoms with Gasteiger partial charge in [0.05, 0.1) is 24.9 Å². The smallest absolute Gasteiger partial charge is 0.278 e. The summed E-state index contributed by atoms with van der Waals surface area (Å²) < 4.78 is 15.9. The molecule has 1 aromatic heterocycles. The Kier molecular flexibility index (Phi) is 4.90. The van der Waals surface area contributed by atoms with Crippen molar-refractivity contribution >= 4 is 23.2 Å². The van der Waals surface area contributed by atoms with Crippen LogP contribution in [0, 0.1) is 0 Å². The summed E-state index contributed by atoms with van der Waals surface area (Å²) in [5, 5.41) is 3.16. The molecule has 0 fully saturated rings. The van der Waals surface area contributed by atoms with Crippen molar-refractivity contribution in [3.8, 4) is 22.8 Å². The maximum absolute atomic E-state index is 12.6. The molecule has 0 aliphatic rings. The molecule has 0 saturated carbocycles. The molecule has 0 spiro atoms. The monoisotopic (exact) mass is 358 g/mol. The number of nitrogens with zero attached hydrogens (tertiary/aromatic N) is 1. The second-order valence-electron chi connectivity index (χ2n) is 5.03. The number of carbonyl (C=O) groups excluding carboxylic acids is 1. The molecule has 1 heterocycles. The zero-order valence-electron chi connectivity index (χ0n) is 13.6. The highest BCUT2D eigenvalue weighted by molar-refractivity contribution is 6.33. The number of benzene rings is 2. The highest BCUT2D eigenvalue weighted by atomic mass is 35.5. The molecule has 0 aliphatic carbocycles. The molecule has 0 radical (unpaired) electrons. The Morgan fingerprint density at radius 1 is 1.12 bits per heavy atom. The highest BCUT2D eigenvalue weighted by Gasteiger charge is 2.20. The van der Waals surface area contributed by atoms with E-state index in [2.05, 4.69) is 10.3 Å². The van der Waals surface area contributed by atoms with E-state index in [-0.39, 0.29) is 5.69 Å². The molecule has 0 unspecified atom stereocenters. The fourth-order valence-corrected chi connectivity index (χ4v) is 2.52. The Labute approximate surface area is 149 Å². The average Bonchev–Trinajstić information content (AvgIpc) is 3.13. The maximum Gasteiger partial charge on any atom is 0.278 e. The molecule has 1 amide bonds. The number of nitrogens with one attached hydrogen (secondary N) is 1. The van der Waals surface area contributed by atoms with Crippen molar-refractivity contribution in [2.24, 2.45) is 0 Å². The van der Waals surface area contributed by atoms with Gasteiger partial charge in [-0.05, 0) is 30.3 Å². The van der Waals surface area contributed by atoms with E-state index in [9.17, 15) is 4.79 Å². The molecular weight excluding hydrogens is 344 g/mol. The second-order valence-corrected chi connectivity index (χ2v) is 5.44. The van der Waals surface area contributed by atoms with E-state index < -0.39 is 5.91 Å². The van der Waals surface area contributed by atoms with Crippen LogP contribution in [-0.2, 0) is 0 Å². The molecule has 1 N–H and O–H groups in total. The molecule has 7 heteroatoms. The topological polar surface area (TPSA) is 73.6 Å². The Morgan fingerprint density at radius 3 is 2.60 bits per heavy atom. The Hall–Kier alpha value is -2.99. The fraction of sp³-hybridized carbons (Fsp3) is 0.111. The zero-order chi connectivity index (χ0) is 17.8. The Balaban J connectivity index is 1.93. The summed E-state index contributed by atoms with van der Waals surface area (Å²) in [6.45, 7) is 0. The van der Waals surface area contributed by atoms with Crippen LogP contribution >= 0.6 is 11.6 Å². The first-order chi connectivity index (χ1) is 12.1. The zero-order valence-corrected chi connectivity index (χ0v) is 14.3. The van der Waals surface area contributed by atoms with Crippen molar-refractivity contribution in [3.05, 3.63) is 59.6 Å². The highest BCUT2D eigenvalue weighted by Crippen LogP contribution is 2.33. The molecule has 0 atom stereocenters. The second kappa shape index (κ2) is 7.27. The lowest BCUT2D eigenvalue weighted by Crippen LogP contribution is -2.13. The summed E-state index contributed by atoms with van der Waals surface area (Å²) in [4.78, 5) is 16.6. The molecule has 25 heavy (non-hydrogen) atoms. The number of hydrogen-bond acceptors (Lipinski definition) is 5. The van der Waals surface area contributed by atoms with Gasteiger partial charge < -0.3 is 19.2 Å². The van der Waals surface area contributed by atoms with Gasteiger partial charge in [0.25, 0.3) is 5.91 Å². The number of halogens is 1. The minimum Gasteiger partial charge on any atom is -0.493 e.